The molecule has 0 saturated heterocycles. The molecular weight excluding hydrogens is 230 g/mol. The predicted octanol–water partition coefficient (Wildman–Crippen LogP) is 2.99. The molecule has 2 aromatic rings. The number of benzene rings is 1. The summed E-state index contributed by atoms with van der Waals surface area (Å²) in [7, 11) is 1.92. The SMILES string of the molecule is Cc1ccc(N=Cc2cccn2C)cc1[N+](=O)[O-]. The zero-order valence-electron chi connectivity index (χ0n) is 10.2. The average Bonchev–Trinajstić information content (AvgIpc) is 2.73. The van der Waals surface area contributed by atoms with Gasteiger partial charge in [-0.25, -0.2) is 0 Å². The molecule has 1 heterocycles. The van der Waals surface area contributed by atoms with Crippen LogP contribution in [0.1, 0.15) is 11.3 Å². The van der Waals surface area contributed by atoms with Gasteiger partial charge in [0.25, 0.3) is 5.69 Å². The molecule has 0 spiro atoms. The molecule has 2 rings (SSSR count). The van der Waals surface area contributed by atoms with Gasteiger partial charge in [-0.1, -0.05) is 6.07 Å². The molecular formula is C13H13N3O2. The van der Waals surface area contributed by atoms with Crippen LogP contribution < -0.4 is 0 Å². The number of aliphatic imine (C=N–C) groups is 1. The molecule has 5 heteroatoms. The number of hydrogen-bond acceptors (Lipinski definition) is 3. The molecule has 18 heavy (non-hydrogen) atoms. The normalized spacial score (nSPS) is 11.0. The van der Waals surface area contributed by atoms with Crippen LogP contribution in [0.2, 0.25) is 0 Å². The van der Waals surface area contributed by atoms with E-state index in [1.54, 1.807) is 25.3 Å². The summed E-state index contributed by atoms with van der Waals surface area (Å²) in [4.78, 5) is 14.7. The summed E-state index contributed by atoms with van der Waals surface area (Å²) in [5.74, 6) is 0. The molecule has 0 amide bonds. The van der Waals surface area contributed by atoms with Gasteiger partial charge < -0.3 is 4.57 Å². The summed E-state index contributed by atoms with van der Waals surface area (Å²) in [5, 5.41) is 10.8. The van der Waals surface area contributed by atoms with Crippen molar-refractivity contribution in [2.24, 2.45) is 12.0 Å². The monoisotopic (exact) mass is 243 g/mol. The lowest BCUT2D eigenvalue weighted by Crippen LogP contribution is -1.93. The second kappa shape index (κ2) is 4.83. The maximum Gasteiger partial charge on any atom is 0.274 e. The number of nitro benzene ring substituents is 1. The van der Waals surface area contributed by atoms with Gasteiger partial charge >= 0.3 is 0 Å². The Bertz CT molecular complexity index is 614. The van der Waals surface area contributed by atoms with Gasteiger partial charge in [-0.2, -0.15) is 0 Å². The summed E-state index contributed by atoms with van der Waals surface area (Å²) in [6.07, 6.45) is 3.60. The molecule has 0 aliphatic heterocycles. The highest BCUT2D eigenvalue weighted by Gasteiger charge is 2.10. The molecule has 0 fully saturated rings. The fraction of sp³-hybridized carbons (Fsp3) is 0.154. The average molecular weight is 243 g/mol. The molecule has 0 saturated carbocycles. The Balaban J connectivity index is 2.30. The quantitative estimate of drug-likeness (QED) is 0.472. The maximum atomic E-state index is 10.8. The summed E-state index contributed by atoms with van der Waals surface area (Å²) < 4.78 is 1.92. The van der Waals surface area contributed by atoms with Gasteiger partial charge in [-0.05, 0) is 25.1 Å². The zero-order chi connectivity index (χ0) is 13.1. The minimum Gasteiger partial charge on any atom is -0.350 e. The van der Waals surface area contributed by atoms with E-state index in [1.807, 2.05) is 29.9 Å². The zero-order valence-corrected chi connectivity index (χ0v) is 10.2. The van der Waals surface area contributed by atoms with Crippen molar-refractivity contribution in [3.8, 4) is 0 Å². The number of rotatable bonds is 3. The van der Waals surface area contributed by atoms with Gasteiger partial charge in [0.15, 0.2) is 0 Å². The van der Waals surface area contributed by atoms with Crippen molar-refractivity contribution in [1.29, 1.82) is 0 Å². The second-order valence-electron chi connectivity index (χ2n) is 4.03. The van der Waals surface area contributed by atoms with Crippen molar-refractivity contribution in [1.82, 2.24) is 4.57 Å². The van der Waals surface area contributed by atoms with Gasteiger partial charge in [0.05, 0.1) is 22.5 Å². The fourth-order valence-electron chi connectivity index (χ4n) is 1.62. The van der Waals surface area contributed by atoms with Crippen molar-refractivity contribution in [2.75, 3.05) is 0 Å². The fourth-order valence-corrected chi connectivity index (χ4v) is 1.62. The van der Waals surface area contributed by atoms with E-state index in [4.69, 9.17) is 0 Å². The molecule has 0 N–H and O–H groups in total. The Morgan fingerprint density at radius 2 is 2.17 bits per heavy atom. The van der Waals surface area contributed by atoms with Crippen LogP contribution in [0, 0.1) is 17.0 Å². The molecule has 92 valence electrons. The van der Waals surface area contributed by atoms with Crippen molar-refractivity contribution in [2.45, 2.75) is 6.92 Å². The number of hydrogen-bond donors (Lipinski definition) is 0. The number of aromatic nitrogens is 1. The smallest absolute Gasteiger partial charge is 0.274 e. The van der Waals surface area contributed by atoms with Gasteiger partial charge in [-0.15, -0.1) is 0 Å². The maximum absolute atomic E-state index is 10.8. The van der Waals surface area contributed by atoms with Crippen LogP contribution in [0.25, 0.3) is 0 Å². The molecule has 0 radical (unpaired) electrons. The van der Waals surface area contributed by atoms with E-state index in [-0.39, 0.29) is 5.69 Å². The first-order chi connectivity index (χ1) is 8.58. The second-order valence-corrected chi connectivity index (χ2v) is 4.03. The predicted molar refractivity (Wildman–Crippen MR) is 70.5 cm³/mol. The third-order valence-electron chi connectivity index (χ3n) is 2.72. The first kappa shape index (κ1) is 12.0. The highest BCUT2D eigenvalue weighted by Crippen LogP contribution is 2.24. The van der Waals surface area contributed by atoms with E-state index in [0.717, 1.165) is 5.69 Å². The molecule has 0 aliphatic carbocycles. The van der Waals surface area contributed by atoms with Crippen LogP contribution in [0.5, 0.6) is 0 Å². The standard InChI is InChI=1S/C13H13N3O2/c1-10-5-6-11(8-13(10)16(17)18)14-9-12-4-3-7-15(12)2/h3-9H,1-2H3. The molecule has 1 aromatic heterocycles. The van der Waals surface area contributed by atoms with Crippen LogP contribution in [0.15, 0.2) is 41.5 Å². The van der Waals surface area contributed by atoms with Crippen molar-refractivity contribution in [3.05, 3.63) is 57.9 Å². The van der Waals surface area contributed by atoms with E-state index in [1.165, 1.54) is 6.07 Å². The van der Waals surface area contributed by atoms with Crippen LogP contribution in [0.4, 0.5) is 11.4 Å². The summed E-state index contributed by atoms with van der Waals surface area (Å²) >= 11 is 0. The van der Waals surface area contributed by atoms with E-state index in [9.17, 15) is 10.1 Å². The van der Waals surface area contributed by atoms with E-state index >= 15 is 0 Å². The molecule has 5 nitrogen and oxygen atoms in total. The molecule has 0 unspecified atom stereocenters. The van der Waals surface area contributed by atoms with Gasteiger partial charge in [0.2, 0.25) is 0 Å². The van der Waals surface area contributed by atoms with E-state index < -0.39 is 4.92 Å². The van der Waals surface area contributed by atoms with Crippen LogP contribution in [-0.2, 0) is 7.05 Å². The third-order valence-corrected chi connectivity index (χ3v) is 2.72. The van der Waals surface area contributed by atoms with Crippen LogP contribution in [-0.4, -0.2) is 15.7 Å². The van der Waals surface area contributed by atoms with E-state index in [0.29, 0.717) is 11.3 Å². The van der Waals surface area contributed by atoms with Crippen LogP contribution >= 0.6 is 0 Å². The first-order valence-corrected chi connectivity index (χ1v) is 5.48. The minimum atomic E-state index is -0.392. The van der Waals surface area contributed by atoms with E-state index in [2.05, 4.69) is 4.99 Å². The summed E-state index contributed by atoms with van der Waals surface area (Å²) in [5.41, 5.74) is 2.25. The Morgan fingerprint density at radius 1 is 1.39 bits per heavy atom. The number of nitro groups is 1. The van der Waals surface area contributed by atoms with Gasteiger partial charge in [0, 0.05) is 24.9 Å². The Hall–Kier alpha value is -2.43. The highest BCUT2D eigenvalue weighted by molar-refractivity contribution is 5.80. The summed E-state index contributed by atoms with van der Waals surface area (Å²) in [6, 6.07) is 8.79. The Morgan fingerprint density at radius 3 is 2.78 bits per heavy atom. The Kier molecular flexibility index (Phi) is 3.23. The largest absolute Gasteiger partial charge is 0.350 e. The van der Waals surface area contributed by atoms with Crippen molar-refractivity contribution < 1.29 is 4.92 Å². The number of aryl methyl sites for hydroxylation is 2. The minimum absolute atomic E-state index is 0.0940. The topological polar surface area (TPSA) is 60.4 Å². The molecule has 0 atom stereocenters. The third kappa shape index (κ3) is 2.45. The molecule has 1 aromatic carbocycles. The molecule has 0 aliphatic rings. The lowest BCUT2D eigenvalue weighted by molar-refractivity contribution is -0.385. The molecule has 0 bridgehead atoms. The van der Waals surface area contributed by atoms with Gasteiger partial charge in [-0.3, -0.25) is 15.1 Å². The Labute approximate surface area is 105 Å². The lowest BCUT2D eigenvalue weighted by Gasteiger charge is -1.99. The van der Waals surface area contributed by atoms with Gasteiger partial charge in [0.1, 0.15) is 0 Å². The van der Waals surface area contributed by atoms with Crippen molar-refractivity contribution >= 4 is 17.6 Å². The first-order valence-electron chi connectivity index (χ1n) is 5.48. The number of nitrogens with zero attached hydrogens (tertiary/aromatic N) is 3. The highest BCUT2D eigenvalue weighted by atomic mass is 16.6. The summed E-state index contributed by atoms with van der Waals surface area (Å²) in [6.45, 7) is 1.71. The van der Waals surface area contributed by atoms with Crippen molar-refractivity contribution in [3.63, 3.8) is 0 Å². The lowest BCUT2D eigenvalue weighted by atomic mass is 10.2. The van der Waals surface area contributed by atoms with Crippen LogP contribution in [0.3, 0.4) is 0 Å².